The van der Waals surface area contributed by atoms with E-state index in [2.05, 4.69) is 20.3 Å². The van der Waals surface area contributed by atoms with Gasteiger partial charge in [-0.3, -0.25) is 4.40 Å². The predicted molar refractivity (Wildman–Crippen MR) is 84.5 cm³/mol. The minimum absolute atomic E-state index is 0.147. The normalized spacial score (nSPS) is 11.5. The number of ether oxygens (including phenoxy) is 1. The van der Waals surface area contributed by atoms with Gasteiger partial charge in [-0.1, -0.05) is 5.16 Å². The third-order valence-corrected chi connectivity index (χ3v) is 4.02. The Kier molecular flexibility index (Phi) is 3.02. The fourth-order valence-corrected chi connectivity index (χ4v) is 2.88. The number of halogens is 1. The number of hydrogen-bond acceptors (Lipinski definition) is 6. The monoisotopic (exact) mass is 327 g/mol. The zero-order valence-corrected chi connectivity index (χ0v) is 13.6. The summed E-state index contributed by atoms with van der Waals surface area (Å²) in [7, 11) is 1.49. The second-order valence-corrected chi connectivity index (χ2v) is 5.56. The Morgan fingerprint density at radius 2 is 1.92 bits per heavy atom. The van der Waals surface area contributed by atoms with E-state index in [1.165, 1.54) is 13.2 Å². The van der Waals surface area contributed by atoms with Crippen LogP contribution in [0, 0.1) is 26.6 Å². The minimum Gasteiger partial charge on any atom is -0.497 e. The molecule has 0 saturated carbocycles. The van der Waals surface area contributed by atoms with Gasteiger partial charge in [0.2, 0.25) is 0 Å². The minimum atomic E-state index is -0.505. The Morgan fingerprint density at radius 1 is 1.12 bits per heavy atom. The zero-order valence-electron chi connectivity index (χ0n) is 13.6. The van der Waals surface area contributed by atoms with Crippen molar-refractivity contribution >= 4 is 16.7 Å². The highest BCUT2D eigenvalue weighted by Gasteiger charge is 2.22. The molecule has 0 spiro atoms. The fourth-order valence-electron chi connectivity index (χ4n) is 2.88. The summed E-state index contributed by atoms with van der Waals surface area (Å²) in [4.78, 5) is 4.59. The maximum atomic E-state index is 14.4. The van der Waals surface area contributed by atoms with Crippen molar-refractivity contribution in [3.8, 4) is 17.1 Å². The first-order valence-corrected chi connectivity index (χ1v) is 7.33. The molecule has 0 saturated heterocycles. The first-order chi connectivity index (χ1) is 11.5. The van der Waals surface area contributed by atoms with Gasteiger partial charge in [0.15, 0.2) is 17.3 Å². The molecule has 24 heavy (non-hydrogen) atoms. The molecule has 7 nitrogen and oxygen atoms in total. The molecule has 0 aliphatic carbocycles. The lowest BCUT2D eigenvalue weighted by Gasteiger charge is -2.07. The maximum Gasteiger partial charge on any atom is 0.183 e. The van der Waals surface area contributed by atoms with Crippen LogP contribution in [0.5, 0.6) is 5.75 Å². The summed E-state index contributed by atoms with van der Waals surface area (Å²) in [6.07, 6.45) is 0. The van der Waals surface area contributed by atoms with Crippen molar-refractivity contribution < 1.29 is 13.7 Å². The lowest BCUT2D eigenvalue weighted by molar-refractivity contribution is 0.393. The number of rotatable bonds is 2. The number of methoxy groups -OCH3 is 1. The Bertz CT molecular complexity index is 1080. The molecular weight excluding hydrogens is 313 g/mol. The van der Waals surface area contributed by atoms with E-state index in [1.807, 2.05) is 20.8 Å². The highest BCUT2D eigenvalue weighted by atomic mass is 19.1. The van der Waals surface area contributed by atoms with E-state index in [-0.39, 0.29) is 5.52 Å². The van der Waals surface area contributed by atoms with Crippen LogP contribution in [-0.2, 0) is 0 Å². The van der Waals surface area contributed by atoms with E-state index in [0.29, 0.717) is 39.9 Å². The van der Waals surface area contributed by atoms with Crippen LogP contribution < -0.4 is 4.74 Å². The molecular formula is C16H14FN5O2. The van der Waals surface area contributed by atoms with Gasteiger partial charge in [-0.05, 0) is 20.8 Å². The third-order valence-electron chi connectivity index (χ3n) is 4.02. The first kappa shape index (κ1) is 14.6. The van der Waals surface area contributed by atoms with Crippen LogP contribution in [0.1, 0.15) is 17.1 Å². The number of nitrogens with zero attached hydrogens (tertiary/aromatic N) is 5. The van der Waals surface area contributed by atoms with Crippen molar-refractivity contribution in [2.45, 2.75) is 20.8 Å². The maximum absolute atomic E-state index is 14.4. The van der Waals surface area contributed by atoms with Gasteiger partial charge >= 0.3 is 0 Å². The largest absolute Gasteiger partial charge is 0.497 e. The Morgan fingerprint density at radius 3 is 2.58 bits per heavy atom. The van der Waals surface area contributed by atoms with Crippen molar-refractivity contribution in [2.24, 2.45) is 0 Å². The molecule has 4 aromatic rings. The van der Waals surface area contributed by atoms with Crippen molar-refractivity contribution in [3.05, 3.63) is 35.1 Å². The summed E-state index contributed by atoms with van der Waals surface area (Å²) in [6.45, 7) is 5.47. The van der Waals surface area contributed by atoms with Crippen molar-refractivity contribution in [3.63, 3.8) is 0 Å². The smallest absolute Gasteiger partial charge is 0.183 e. The molecule has 0 bridgehead atoms. The molecule has 122 valence electrons. The summed E-state index contributed by atoms with van der Waals surface area (Å²) in [6, 6.07) is 2.99. The molecule has 0 aliphatic rings. The van der Waals surface area contributed by atoms with E-state index in [0.717, 1.165) is 5.56 Å². The van der Waals surface area contributed by atoms with E-state index < -0.39 is 5.82 Å². The molecule has 4 rings (SSSR count). The van der Waals surface area contributed by atoms with Gasteiger partial charge in [0, 0.05) is 12.1 Å². The highest BCUT2D eigenvalue weighted by molar-refractivity contribution is 5.82. The summed E-state index contributed by atoms with van der Waals surface area (Å²) < 4.78 is 26.5. The van der Waals surface area contributed by atoms with E-state index >= 15 is 0 Å². The summed E-state index contributed by atoms with van der Waals surface area (Å²) in [5.74, 6) is 1.11. The van der Waals surface area contributed by atoms with Gasteiger partial charge in [-0.2, -0.15) is 0 Å². The molecule has 0 unspecified atom stereocenters. The molecule has 3 aromatic heterocycles. The molecule has 0 radical (unpaired) electrons. The Balaban J connectivity index is 2.21. The lowest BCUT2D eigenvalue weighted by atomic mass is 10.2. The number of benzene rings is 1. The SMILES string of the molecule is COc1cc(F)c2nnc3c(C)nc(-c4c(C)noc4C)n3c2c1. The quantitative estimate of drug-likeness (QED) is 0.563. The standard InChI is InChI=1S/C16H14FN5O2/c1-7-13(9(3)24-21-7)16-18-8(2)15-20-19-14-11(17)5-10(23-4)6-12(14)22(15)16/h5-6H,1-4H3. The second-order valence-electron chi connectivity index (χ2n) is 5.56. The molecule has 1 aromatic carbocycles. The van der Waals surface area contributed by atoms with E-state index in [4.69, 9.17) is 9.26 Å². The van der Waals surface area contributed by atoms with E-state index in [1.54, 1.807) is 10.5 Å². The Labute approximate surface area is 136 Å². The number of fused-ring (bicyclic) bond motifs is 3. The second kappa shape index (κ2) is 4.98. The van der Waals surface area contributed by atoms with Crippen LogP contribution in [0.4, 0.5) is 4.39 Å². The van der Waals surface area contributed by atoms with Crippen LogP contribution in [-0.4, -0.2) is 31.8 Å². The molecule has 0 atom stereocenters. The third kappa shape index (κ3) is 1.89. The Hall–Kier alpha value is -3.03. The number of imidazole rings is 1. The van der Waals surface area contributed by atoms with Crippen LogP contribution in [0.25, 0.3) is 28.1 Å². The van der Waals surface area contributed by atoms with Crippen molar-refractivity contribution in [2.75, 3.05) is 7.11 Å². The summed E-state index contributed by atoms with van der Waals surface area (Å²) in [5.41, 5.74) is 3.36. The highest BCUT2D eigenvalue weighted by Crippen LogP contribution is 2.31. The van der Waals surface area contributed by atoms with Gasteiger partial charge in [-0.25, -0.2) is 9.37 Å². The van der Waals surface area contributed by atoms with Crippen LogP contribution in [0.2, 0.25) is 0 Å². The number of aryl methyl sites for hydroxylation is 3. The van der Waals surface area contributed by atoms with Gasteiger partial charge in [0.25, 0.3) is 0 Å². The first-order valence-electron chi connectivity index (χ1n) is 7.33. The summed E-state index contributed by atoms with van der Waals surface area (Å²) >= 11 is 0. The topological polar surface area (TPSA) is 78.3 Å². The summed E-state index contributed by atoms with van der Waals surface area (Å²) in [5, 5.41) is 12.1. The van der Waals surface area contributed by atoms with Crippen LogP contribution in [0.15, 0.2) is 16.7 Å². The molecule has 3 heterocycles. The van der Waals surface area contributed by atoms with E-state index in [9.17, 15) is 4.39 Å². The molecule has 0 fully saturated rings. The van der Waals surface area contributed by atoms with Gasteiger partial charge < -0.3 is 9.26 Å². The lowest BCUT2D eigenvalue weighted by Crippen LogP contribution is -2.00. The van der Waals surface area contributed by atoms with Crippen molar-refractivity contribution in [1.82, 2.24) is 24.7 Å². The van der Waals surface area contributed by atoms with Gasteiger partial charge in [0.05, 0.1) is 29.6 Å². The predicted octanol–water partition coefficient (Wildman–Crippen LogP) is 3.01. The van der Waals surface area contributed by atoms with Gasteiger partial charge in [0.1, 0.15) is 17.0 Å². The van der Waals surface area contributed by atoms with Crippen LogP contribution in [0.3, 0.4) is 0 Å². The van der Waals surface area contributed by atoms with Gasteiger partial charge in [-0.15, -0.1) is 10.2 Å². The fraction of sp³-hybridized carbons (Fsp3) is 0.250. The molecule has 8 heteroatoms. The molecule has 0 N–H and O–H groups in total. The van der Waals surface area contributed by atoms with Crippen molar-refractivity contribution in [1.29, 1.82) is 0 Å². The van der Waals surface area contributed by atoms with Crippen LogP contribution >= 0.6 is 0 Å². The number of aromatic nitrogens is 5. The molecule has 0 aliphatic heterocycles. The average Bonchev–Trinajstić information content (AvgIpc) is 3.07. The molecule has 0 amide bonds. The average molecular weight is 327 g/mol. The number of hydrogen-bond donors (Lipinski definition) is 0. The zero-order chi connectivity index (χ0) is 17.0.